The van der Waals surface area contributed by atoms with Crippen molar-refractivity contribution in [2.45, 2.75) is 20.8 Å². The molecule has 1 aromatic heterocycles. The van der Waals surface area contributed by atoms with Crippen molar-refractivity contribution in [2.24, 2.45) is 5.16 Å². The molecule has 0 unspecified atom stereocenters. The van der Waals surface area contributed by atoms with Crippen LogP contribution in [0.15, 0.2) is 29.4 Å². The average molecular weight is 247 g/mol. The fourth-order valence-corrected chi connectivity index (χ4v) is 1.83. The van der Waals surface area contributed by atoms with Crippen LogP contribution in [0.4, 0.5) is 4.39 Å². The molecule has 0 amide bonds. The molecule has 0 saturated heterocycles. The minimum atomic E-state index is -0.401. The van der Waals surface area contributed by atoms with Gasteiger partial charge in [-0.25, -0.2) is 9.07 Å². The van der Waals surface area contributed by atoms with Crippen molar-refractivity contribution in [3.05, 3.63) is 47.0 Å². The molecule has 0 spiro atoms. The standard InChI is InChI=1S/C13H14FN3O/c1-8-6-9(2)17(15-8)13-5-4-11(7-12(13)14)10(3)16-18/h4-7,18H,1-3H3/b16-10-. The fourth-order valence-electron chi connectivity index (χ4n) is 1.83. The van der Waals surface area contributed by atoms with Gasteiger partial charge in [0, 0.05) is 11.3 Å². The quantitative estimate of drug-likeness (QED) is 0.504. The number of aromatic nitrogens is 2. The predicted octanol–water partition coefficient (Wildman–Crippen LogP) is 2.83. The number of rotatable bonds is 2. The number of benzene rings is 1. The maximum atomic E-state index is 14.0. The number of halogens is 1. The van der Waals surface area contributed by atoms with E-state index in [1.54, 1.807) is 23.7 Å². The second kappa shape index (κ2) is 4.60. The molecule has 0 saturated carbocycles. The minimum absolute atomic E-state index is 0.369. The second-order valence-electron chi connectivity index (χ2n) is 4.19. The third kappa shape index (κ3) is 2.11. The molecule has 0 atom stereocenters. The lowest BCUT2D eigenvalue weighted by atomic mass is 10.1. The van der Waals surface area contributed by atoms with Crippen LogP contribution in [0.3, 0.4) is 0 Å². The first-order chi connectivity index (χ1) is 8.52. The van der Waals surface area contributed by atoms with E-state index in [1.165, 1.54) is 6.07 Å². The van der Waals surface area contributed by atoms with E-state index in [0.29, 0.717) is 17.0 Å². The van der Waals surface area contributed by atoms with Gasteiger partial charge in [-0.05, 0) is 39.0 Å². The lowest BCUT2D eigenvalue weighted by molar-refractivity contribution is 0.319. The van der Waals surface area contributed by atoms with Gasteiger partial charge in [-0.2, -0.15) is 5.10 Å². The van der Waals surface area contributed by atoms with Gasteiger partial charge in [-0.1, -0.05) is 11.2 Å². The molecule has 0 aliphatic rings. The maximum absolute atomic E-state index is 14.0. The van der Waals surface area contributed by atoms with E-state index in [4.69, 9.17) is 5.21 Å². The molecule has 18 heavy (non-hydrogen) atoms. The number of hydrogen-bond acceptors (Lipinski definition) is 3. The third-order valence-corrected chi connectivity index (χ3v) is 2.75. The van der Waals surface area contributed by atoms with E-state index >= 15 is 0 Å². The number of hydrogen-bond donors (Lipinski definition) is 1. The van der Waals surface area contributed by atoms with Gasteiger partial charge in [-0.3, -0.25) is 0 Å². The van der Waals surface area contributed by atoms with Crippen LogP contribution in [-0.4, -0.2) is 20.7 Å². The molecule has 0 aliphatic carbocycles. The van der Waals surface area contributed by atoms with Gasteiger partial charge in [0.05, 0.1) is 11.4 Å². The van der Waals surface area contributed by atoms with Crippen molar-refractivity contribution in [2.75, 3.05) is 0 Å². The first-order valence-corrected chi connectivity index (χ1v) is 5.55. The summed E-state index contributed by atoms with van der Waals surface area (Å²) >= 11 is 0. The van der Waals surface area contributed by atoms with Crippen LogP contribution in [0.25, 0.3) is 5.69 Å². The van der Waals surface area contributed by atoms with Crippen molar-refractivity contribution in [1.82, 2.24) is 9.78 Å². The Kier molecular flexibility index (Phi) is 3.14. The van der Waals surface area contributed by atoms with Crippen molar-refractivity contribution >= 4 is 5.71 Å². The number of aryl methyl sites for hydroxylation is 2. The molecule has 0 radical (unpaired) electrons. The molecule has 5 heteroatoms. The summed E-state index contributed by atoms with van der Waals surface area (Å²) in [5, 5.41) is 15.9. The molecule has 4 nitrogen and oxygen atoms in total. The van der Waals surface area contributed by atoms with Gasteiger partial charge >= 0.3 is 0 Å². The fraction of sp³-hybridized carbons (Fsp3) is 0.231. The summed E-state index contributed by atoms with van der Waals surface area (Å²) in [6, 6.07) is 6.54. The summed E-state index contributed by atoms with van der Waals surface area (Å²) in [6.45, 7) is 5.34. The Morgan fingerprint density at radius 3 is 2.56 bits per heavy atom. The molecule has 94 valence electrons. The van der Waals surface area contributed by atoms with Gasteiger partial charge in [-0.15, -0.1) is 0 Å². The van der Waals surface area contributed by atoms with Crippen molar-refractivity contribution in [3.8, 4) is 5.69 Å². The molecule has 1 heterocycles. The van der Waals surface area contributed by atoms with Crippen LogP contribution in [0, 0.1) is 19.7 Å². The Labute approximate surface area is 104 Å². The Morgan fingerprint density at radius 2 is 2.06 bits per heavy atom. The predicted molar refractivity (Wildman–Crippen MR) is 67.0 cm³/mol. The SMILES string of the molecule is C/C(=N/O)c1ccc(-n2nc(C)cc2C)c(F)c1. The average Bonchev–Trinajstić information content (AvgIpc) is 2.67. The largest absolute Gasteiger partial charge is 0.411 e. The highest BCUT2D eigenvalue weighted by Gasteiger charge is 2.10. The van der Waals surface area contributed by atoms with Gasteiger partial charge < -0.3 is 5.21 Å². The van der Waals surface area contributed by atoms with E-state index in [2.05, 4.69) is 10.3 Å². The molecular formula is C13H14FN3O. The maximum Gasteiger partial charge on any atom is 0.149 e. The molecular weight excluding hydrogens is 233 g/mol. The minimum Gasteiger partial charge on any atom is -0.411 e. The first kappa shape index (κ1) is 12.3. The summed E-state index contributed by atoms with van der Waals surface area (Å²) in [7, 11) is 0. The monoisotopic (exact) mass is 247 g/mol. The van der Waals surface area contributed by atoms with E-state index in [1.807, 2.05) is 19.9 Å². The van der Waals surface area contributed by atoms with E-state index in [9.17, 15) is 4.39 Å². The molecule has 0 bridgehead atoms. The van der Waals surface area contributed by atoms with Gasteiger partial charge in [0.2, 0.25) is 0 Å². The zero-order valence-corrected chi connectivity index (χ0v) is 10.5. The van der Waals surface area contributed by atoms with Crippen LogP contribution in [0.1, 0.15) is 23.9 Å². The normalized spacial score (nSPS) is 11.9. The highest BCUT2D eigenvalue weighted by atomic mass is 19.1. The van der Waals surface area contributed by atoms with Crippen LogP contribution >= 0.6 is 0 Å². The molecule has 1 N–H and O–H groups in total. The summed E-state index contributed by atoms with van der Waals surface area (Å²) in [5.74, 6) is -0.401. The highest BCUT2D eigenvalue weighted by molar-refractivity contribution is 5.98. The zero-order valence-electron chi connectivity index (χ0n) is 10.5. The van der Waals surface area contributed by atoms with Crippen LogP contribution in [0.5, 0.6) is 0 Å². The van der Waals surface area contributed by atoms with Crippen molar-refractivity contribution in [1.29, 1.82) is 0 Å². The molecule has 2 aromatic rings. The highest BCUT2D eigenvalue weighted by Crippen LogP contribution is 2.17. The summed E-state index contributed by atoms with van der Waals surface area (Å²) in [6.07, 6.45) is 0. The van der Waals surface area contributed by atoms with Crippen molar-refractivity contribution < 1.29 is 9.60 Å². The lowest BCUT2D eigenvalue weighted by Gasteiger charge is -2.07. The van der Waals surface area contributed by atoms with Crippen LogP contribution < -0.4 is 0 Å². The van der Waals surface area contributed by atoms with Gasteiger partial charge in [0.25, 0.3) is 0 Å². The second-order valence-corrected chi connectivity index (χ2v) is 4.19. The van der Waals surface area contributed by atoms with E-state index in [-0.39, 0.29) is 0 Å². The lowest BCUT2D eigenvalue weighted by Crippen LogP contribution is -2.04. The number of nitrogens with zero attached hydrogens (tertiary/aromatic N) is 3. The third-order valence-electron chi connectivity index (χ3n) is 2.75. The van der Waals surface area contributed by atoms with Gasteiger partial charge in [0.15, 0.2) is 0 Å². The molecule has 1 aromatic carbocycles. The van der Waals surface area contributed by atoms with Gasteiger partial charge in [0.1, 0.15) is 11.5 Å². The smallest absolute Gasteiger partial charge is 0.149 e. The summed E-state index contributed by atoms with van der Waals surface area (Å²) in [4.78, 5) is 0. The van der Waals surface area contributed by atoms with Crippen LogP contribution in [-0.2, 0) is 0 Å². The molecule has 2 rings (SSSR count). The molecule has 0 fully saturated rings. The van der Waals surface area contributed by atoms with E-state index < -0.39 is 5.82 Å². The first-order valence-electron chi connectivity index (χ1n) is 5.55. The Morgan fingerprint density at radius 1 is 1.33 bits per heavy atom. The Balaban J connectivity index is 2.51. The van der Waals surface area contributed by atoms with Crippen LogP contribution in [0.2, 0.25) is 0 Å². The Hall–Kier alpha value is -2.17. The Bertz CT molecular complexity index is 617. The number of oxime groups is 1. The summed E-state index contributed by atoms with van der Waals surface area (Å²) in [5.41, 5.74) is 3.00. The van der Waals surface area contributed by atoms with Crippen molar-refractivity contribution in [3.63, 3.8) is 0 Å². The topological polar surface area (TPSA) is 50.4 Å². The van der Waals surface area contributed by atoms with E-state index in [0.717, 1.165) is 11.4 Å². The zero-order chi connectivity index (χ0) is 13.3. The summed E-state index contributed by atoms with van der Waals surface area (Å²) < 4.78 is 15.6. The molecule has 0 aliphatic heterocycles.